The number of nitrogens with one attached hydrogen (secondary N) is 1. The fourth-order valence-electron chi connectivity index (χ4n) is 1.85. The number of rotatable bonds is 5. The number of thioether (sulfide) groups is 1. The summed E-state index contributed by atoms with van der Waals surface area (Å²) in [7, 11) is 0. The minimum Gasteiger partial charge on any atom is -0.324 e. The Labute approximate surface area is 152 Å². The lowest BCUT2D eigenvalue weighted by atomic mass is 10.2. The van der Waals surface area contributed by atoms with E-state index in [1.165, 1.54) is 0 Å². The Kier molecular flexibility index (Phi) is 6.07. The average Bonchev–Trinajstić information content (AvgIpc) is 2.54. The molecule has 0 aromatic heterocycles. The maximum atomic E-state index is 12.7. The minimum atomic E-state index is -4.68. The van der Waals surface area contributed by atoms with Crippen molar-refractivity contribution in [3.8, 4) is 0 Å². The van der Waals surface area contributed by atoms with Gasteiger partial charge in [0.05, 0.1) is 26.8 Å². The lowest BCUT2D eigenvalue weighted by molar-refractivity contribution is -0.388. The van der Waals surface area contributed by atoms with Crippen LogP contribution in [0.4, 0.5) is 24.5 Å². The van der Waals surface area contributed by atoms with Crippen LogP contribution >= 0.6 is 27.7 Å². The number of para-hydroxylation sites is 1. The fourth-order valence-corrected chi connectivity index (χ4v) is 3.04. The van der Waals surface area contributed by atoms with Crippen molar-refractivity contribution >= 4 is 45.0 Å². The zero-order valence-electron chi connectivity index (χ0n) is 12.3. The van der Waals surface area contributed by atoms with Crippen molar-refractivity contribution < 1.29 is 22.9 Å². The molecule has 0 atom stereocenters. The number of nitrogens with zero attached hydrogens (tertiary/aromatic N) is 1. The maximum absolute atomic E-state index is 12.7. The van der Waals surface area contributed by atoms with Crippen molar-refractivity contribution in [1.82, 2.24) is 0 Å². The summed E-state index contributed by atoms with van der Waals surface area (Å²) in [5.74, 6) is -0.626. The average molecular weight is 435 g/mol. The van der Waals surface area contributed by atoms with E-state index in [-0.39, 0.29) is 10.6 Å². The van der Waals surface area contributed by atoms with E-state index in [4.69, 9.17) is 0 Å². The van der Waals surface area contributed by atoms with Crippen molar-refractivity contribution in [3.63, 3.8) is 0 Å². The van der Waals surface area contributed by atoms with E-state index in [1.54, 1.807) is 24.3 Å². The summed E-state index contributed by atoms with van der Waals surface area (Å²) in [6, 6.07) is 9.08. The molecule has 0 heterocycles. The summed E-state index contributed by atoms with van der Waals surface area (Å²) in [5, 5.41) is 13.6. The molecule has 10 heteroatoms. The van der Waals surface area contributed by atoms with Crippen molar-refractivity contribution in [3.05, 3.63) is 62.6 Å². The molecule has 2 rings (SSSR count). The number of benzene rings is 2. The highest BCUT2D eigenvalue weighted by molar-refractivity contribution is 9.10. The van der Waals surface area contributed by atoms with Crippen LogP contribution in [-0.4, -0.2) is 16.6 Å². The molecule has 0 unspecified atom stereocenters. The van der Waals surface area contributed by atoms with Crippen LogP contribution in [0.25, 0.3) is 0 Å². The molecule has 5 nitrogen and oxygen atoms in total. The summed E-state index contributed by atoms with van der Waals surface area (Å²) in [6.45, 7) is 0. The van der Waals surface area contributed by atoms with Gasteiger partial charge in [0, 0.05) is 10.5 Å². The lowest BCUT2D eigenvalue weighted by Gasteiger charge is -2.09. The first-order valence-electron chi connectivity index (χ1n) is 6.71. The van der Waals surface area contributed by atoms with Crippen LogP contribution in [0.3, 0.4) is 0 Å². The number of carbonyl (C=O) groups excluding carboxylic acids is 1. The van der Waals surface area contributed by atoms with Gasteiger partial charge in [-0.2, -0.15) is 13.2 Å². The number of nitro groups is 1. The number of nitro benzene ring substituents is 1. The second-order valence-corrected chi connectivity index (χ2v) is 6.63. The first kappa shape index (κ1) is 19.3. The van der Waals surface area contributed by atoms with Gasteiger partial charge in [-0.25, -0.2) is 0 Å². The third-order valence-electron chi connectivity index (χ3n) is 2.99. The van der Waals surface area contributed by atoms with Crippen LogP contribution in [-0.2, 0) is 11.0 Å². The van der Waals surface area contributed by atoms with Gasteiger partial charge < -0.3 is 5.32 Å². The molecule has 0 aliphatic rings. The largest absolute Gasteiger partial charge is 0.416 e. The molecule has 0 aliphatic heterocycles. The number of carbonyl (C=O) groups is 1. The molecule has 1 N–H and O–H groups in total. The number of anilines is 1. The lowest BCUT2D eigenvalue weighted by Crippen LogP contribution is -2.14. The number of alkyl halides is 3. The first-order chi connectivity index (χ1) is 11.7. The highest BCUT2D eigenvalue weighted by Crippen LogP contribution is 2.36. The molecular weight excluding hydrogens is 425 g/mol. The third kappa shape index (κ3) is 5.20. The second-order valence-electron chi connectivity index (χ2n) is 4.75. The normalized spacial score (nSPS) is 11.2. The van der Waals surface area contributed by atoms with Gasteiger partial charge in [-0.3, -0.25) is 14.9 Å². The van der Waals surface area contributed by atoms with Gasteiger partial charge in [-0.1, -0.05) is 12.1 Å². The van der Waals surface area contributed by atoms with E-state index in [0.29, 0.717) is 16.2 Å². The zero-order valence-corrected chi connectivity index (χ0v) is 14.7. The summed E-state index contributed by atoms with van der Waals surface area (Å²) >= 11 is 4.05. The second kappa shape index (κ2) is 7.87. The van der Waals surface area contributed by atoms with E-state index in [2.05, 4.69) is 21.2 Å². The number of amides is 1. The Bertz CT molecular complexity index is 815. The summed E-state index contributed by atoms with van der Waals surface area (Å²) < 4.78 is 38.6. The van der Waals surface area contributed by atoms with Crippen molar-refractivity contribution in [2.45, 2.75) is 11.1 Å². The molecule has 0 bridgehead atoms. The Hall–Kier alpha value is -2.07. The van der Waals surface area contributed by atoms with E-state index in [0.717, 1.165) is 23.9 Å². The molecule has 1 amide bonds. The van der Waals surface area contributed by atoms with E-state index in [1.807, 2.05) is 0 Å². The Morgan fingerprint density at radius 1 is 1.24 bits per heavy atom. The quantitative estimate of drug-likeness (QED) is 0.403. The van der Waals surface area contributed by atoms with Crippen LogP contribution in [0, 0.1) is 10.1 Å². The smallest absolute Gasteiger partial charge is 0.324 e. The summed E-state index contributed by atoms with van der Waals surface area (Å²) in [6.07, 6.45) is -4.68. The van der Waals surface area contributed by atoms with Crippen LogP contribution in [0.15, 0.2) is 51.8 Å². The summed E-state index contributed by atoms with van der Waals surface area (Å²) in [5.41, 5.74) is -1.27. The molecule has 0 aliphatic carbocycles. The molecule has 0 saturated carbocycles. The highest BCUT2D eigenvalue weighted by Gasteiger charge is 2.33. The predicted octanol–water partition coefficient (Wildman–Crippen LogP) is 5.11. The van der Waals surface area contributed by atoms with E-state index in [9.17, 15) is 28.1 Å². The zero-order chi connectivity index (χ0) is 18.6. The topological polar surface area (TPSA) is 72.2 Å². The third-order valence-corrected chi connectivity index (χ3v) is 4.74. The van der Waals surface area contributed by atoms with Gasteiger partial charge >= 0.3 is 6.18 Å². The Morgan fingerprint density at radius 2 is 1.92 bits per heavy atom. The molecule has 2 aromatic carbocycles. The van der Waals surface area contributed by atoms with Gasteiger partial charge in [-0.05, 0) is 40.2 Å². The first-order valence-corrected chi connectivity index (χ1v) is 8.49. The number of hydrogen-bond acceptors (Lipinski definition) is 4. The molecule has 0 saturated heterocycles. The molecule has 0 spiro atoms. The van der Waals surface area contributed by atoms with Crippen LogP contribution in [0.5, 0.6) is 0 Å². The molecule has 2 aromatic rings. The number of halogens is 4. The van der Waals surface area contributed by atoms with Gasteiger partial charge in [0.15, 0.2) is 0 Å². The van der Waals surface area contributed by atoms with Crippen molar-refractivity contribution in [2.24, 2.45) is 0 Å². The maximum Gasteiger partial charge on any atom is 0.416 e. The minimum absolute atomic E-state index is 0.0136. The van der Waals surface area contributed by atoms with Crippen LogP contribution in [0.1, 0.15) is 5.56 Å². The van der Waals surface area contributed by atoms with Crippen molar-refractivity contribution in [1.29, 1.82) is 0 Å². The number of hydrogen-bond donors (Lipinski definition) is 1. The Balaban J connectivity index is 2.11. The fraction of sp³-hybridized carbons (Fsp3) is 0.133. The highest BCUT2D eigenvalue weighted by atomic mass is 79.9. The van der Waals surface area contributed by atoms with E-state index < -0.39 is 28.3 Å². The molecular formula is C15H10BrF3N2O3S. The van der Waals surface area contributed by atoms with Crippen molar-refractivity contribution in [2.75, 3.05) is 11.1 Å². The molecule has 0 radical (unpaired) electrons. The molecule has 132 valence electrons. The van der Waals surface area contributed by atoms with E-state index >= 15 is 0 Å². The molecule has 25 heavy (non-hydrogen) atoms. The molecule has 0 fully saturated rings. The van der Waals surface area contributed by atoms with Gasteiger partial charge in [0.2, 0.25) is 5.91 Å². The predicted molar refractivity (Wildman–Crippen MR) is 91.6 cm³/mol. The van der Waals surface area contributed by atoms with Crippen LogP contribution < -0.4 is 5.32 Å². The van der Waals surface area contributed by atoms with Gasteiger partial charge in [0.1, 0.15) is 0 Å². The standard InChI is InChI=1S/C15H10BrF3N2O3S/c16-10-3-1-2-4-11(10)20-14(22)8-25-13-6-5-9(15(17,18)19)7-12(13)21(23)24/h1-7H,8H2,(H,20,22). The van der Waals surface area contributed by atoms with Gasteiger partial charge in [-0.15, -0.1) is 11.8 Å². The van der Waals surface area contributed by atoms with Gasteiger partial charge in [0.25, 0.3) is 5.69 Å². The van der Waals surface area contributed by atoms with Crippen LogP contribution in [0.2, 0.25) is 0 Å². The Morgan fingerprint density at radius 3 is 2.52 bits per heavy atom. The SMILES string of the molecule is O=C(CSc1ccc(C(F)(F)F)cc1[N+](=O)[O-])Nc1ccccc1Br. The summed E-state index contributed by atoms with van der Waals surface area (Å²) in [4.78, 5) is 22.0. The monoisotopic (exact) mass is 434 g/mol.